The summed E-state index contributed by atoms with van der Waals surface area (Å²) in [6.45, 7) is 2.05. The molecule has 1 N–H and O–H groups in total. The second-order valence-corrected chi connectivity index (χ2v) is 4.62. The summed E-state index contributed by atoms with van der Waals surface area (Å²) < 4.78 is 0. The lowest BCUT2D eigenvalue weighted by molar-refractivity contribution is 1.47. The first-order chi connectivity index (χ1) is 8.16. The molecule has 0 spiro atoms. The topological polar surface area (TPSA) is 12.0 Å². The Labute approximate surface area is 111 Å². The van der Waals surface area contributed by atoms with Gasteiger partial charge in [0.15, 0.2) is 0 Å². The average Bonchev–Trinajstić information content (AvgIpc) is 2.32. The molecule has 86 valence electrons. The Kier molecular flexibility index (Phi) is 3.77. The van der Waals surface area contributed by atoms with Crippen molar-refractivity contribution in [2.45, 2.75) is 6.92 Å². The van der Waals surface area contributed by atoms with E-state index in [2.05, 4.69) is 12.2 Å². The maximum absolute atomic E-state index is 6.08. The predicted octanol–water partition coefficient (Wildman–Crippen LogP) is 4.44. The quantitative estimate of drug-likeness (QED) is 0.803. The van der Waals surface area contributed by atoms with Crippen LogP contribution < -0.4 is 5.32 Å². The first-order valence-corrected chi connectivity index (χ1v) is 6.08. The summed E-state index contributed by atoms with van der Waals surface area (Å²) in [5.41, 5.74) is 3.05. The molecule has 0 atom stereocenters. The van der Waals surface area contributed by atoms with E-state index in [1.54, 1.807) is 0 Å². The van der Waals surface area contributed by atoms with Crippen molar-refractivity contribution in [3.8, 4) is 0 Å². The first-order valence-electron chi connectivity index (χ1n) is 5.29. The number of aryl methyl sites for hydroxylation is 1. The number of rotatable bonds is 2. The van der Waals surface area contributed by atoms with Gasteiger partial charge in [0.25, 0.3) is 0 Å². The van der Waals surface area contributed by atoms with Gasteiger partial charge in [-0.2, -0.15) is 0 Å². The van der Waals surface area contributed by atoms with Gasteiger partial charge in [0.2, 0.25) is 0 Å². The fourth-order valence-corrected chi connectivity index (χ4v) is 2.06. The molecule has 0 bridgehead atoms. The number of halogens is 1. The summed E-state index contributed by atoms with van der Waals surface area (Å²) in [6, 6.07) is 15.6. The molecule has 0 heterocycles. The molecule has 0 saturated heterocycles. The molecule has 0 radical (unpaired) electrons. The van der Waals surface area contributed by atoms with E-state index in [-0.39, 0.29) is 0 Å². The molecule has 2 aromatic carbocycles. The predicted molar refractivity (Wildman–Crippen MR) is 78.0 cm³/mol. The smallest absolute Gasteiger partial charge is 0.112 e. The SMILES string of the molecule is Cc1ccc(NC(=S)c2ccccc2Cl)cc1. The van der Waals surface area contributed by atoms with Crippen LogP contribution in [0.5, 0.6) is 0 Å². The number of benzene rings is 2. The van der Waals surface area contributed by atoms with Gasteiger partial charge in [-0.3, -0.25) is 0 Å². The van der Waals surface area contributed by atoms with E-state index in [9.17, 15) is 0 Å². The lowest BCUT2D eigenvalue weighted by Gasteiger charge is -2.09. The molecule has 2 aromatic rings. The fourth-order valence-electron chi connectivity index (χ4n) is 1.48. The van der Waals surface area contributed by atoms with Gasteiger partial charge in [-0.1, -0.05) is 59.7 Å². The molecule has 0 unspecified atom stereocenters. The minimum atomic E-state index is 0.638. The van der Waals surface area contributed by atoms with Crippen molar-refractivity contribution in [1.82, 2.24) is 0 Å². The summed E-state index contributed by atoms with van der Waals surface area (Å²) in [7, 11) is 0. The Morgan fingerprint density at radius 2 is 1.71 bits per heavy atom. The third-order valence-corrected chi connectivity index (χ3v) is 3.08. The van der Waals surface area contributed by atoms with Crippen LogP contribution in [-0.4, -0.2) is 4.99 Å². The van der Waals surface area contributed by atoms with Crippen molar-refractivity contribution in [2.24, 2.45) is 0 Å². The monoisotopic (exact) mass is 261 g/mol. The number of thiocarbonyl (C=S) groups is 1. The first kappa shape index (κ1) is 12.1. The fraction of sp³-hybridized carbons (Fsp3) is 0.0714. The van der Waals surface area contributed by atoms with Gasteiger partial charge >= 0.3 is 0 Å². The van der Waals surface area contributed by atoms with Gasteiger partial charge < -0.3 is 5.32 Å². The molecule has 0 aliphatic carbocycles. The van der Waals surface area contributed by atoms with E-state index in [0.717, 1.165) is 11.3 Å². The number of hydrogen-bond donors (Lipinski definition) is 1. The van der Waals surface area contributed by atoms with Crippen LogP contribution >= 0.6 is 23.8 Å². The van der Waals surface area contributed by atoms with E-state index in [1.807, 2.05) is 48.5 Å². The molecule has 2 rings (SSSR count). The van der Waals surface area contributed by atoms with Crippen molar-refractivity contribution in [1.29, 1.82) is 0 Å². The molecule has 0 fully saturated rings. The summed E-state index contributed by atoms with van der Waals surface area (Å²) in [4.78, 5) is 0.638. The van der Waals surface area contributed by atoms with Crippen LogP contribution in [0.3, 0.4) is 0 Å². The van der Waals surface area contributed by atoms with Crippen LogP contribution in [0, 0.1) is 6.92 Å². The average molecular weight is 262 g/mol. The summed E-state index contributed by atoms with van der Waals surface area (Å²) >= 11 is 11.4. The second kappa shape index (κ2) is 5.30. The highest BCUT2D eigenvalue weighted by molar-refractivity contribution is 7.81. The minimum absolute atomic E-state index is 0.638. The highest BCUT2D eigenvalue weighted by atomic mass is 35.5. The van der Waals surface area contributed by atoms with Crippen LogP contribution in [0.1, 0.15) is 11.1 Å². The largest absolute Gasteiger partial charge is 0.346 e. The van der Waals surface area contributed by atoms with E-state index < -0.39 is 0 Å². The summed E-state index contributed by atoms with van der Waals surface area (Å²) in [5.74, 6) is 0. The highest BCUT2D eigenvalue weighted by Gasteiger charge is 2.05. The molecular weight excluding hydrogens is 250 g/mol. The van der Waals surface area contributed by atoms with Gasteiger partial charge in [-0.15, -0.1) is 0 Å². The third kappa shape index (κ3) is 3.05. The maximum Gasteiger partial charge on any atom is 0.112 e. The number of nitrogens with one attached hydrogen (secondary N) is 1. The van der Waals surface area contributed by atoms with Crippen LogP contribution in [-0.2, 0) is 0 Å². The lowest BCUT2D eigenvalue weighted by atomic mass is 10.2. The van der Waals surface area contributed by atoms with Crippen LogP contribution in [0.4, 0.5) is 5.69 Å². The van der Waals surface area contributed by atoms with Gasteiger partial charge in [0.05, 0.1) is 5.02 Å². The van der Waals surface area contributed by atoms with Crippen molar-refractivity contribution in [3.05, 3.63) is 64.7 Å². The molecule has 17 heavy (non-hydrogen) atoms. The van der Waals surface area contributed by atoms with E-state index in [1.165, 1.54) is 5.56 Å². The highest BCUT2D eigenvalue weighted by Crippen LogP contribution is 2.18. The second-order valence-electron chi connectivity index (χ2n) is 3.80. The van der Waals surface area contributed by atoms with Gasteiger partial charge in [-0.25, -0.2) is 0 Å². The Balaban J connectivity index is 2.17. The Morgan fingerprint density at radius 1 is 1.06 bits per heavy atom. The summed E-state index contributed by atoms with van der Waals surface area (Å²) in [6.07, 6.45) is 0. The molecule has 0 saturated carbocycles. The van der Waals surface area contributed by atoms with Crippen molar-refractivity contribution < 1.29 is 0 Å². The van der Waals surface area contributed by atoms with Crippen molar-refractivity contribution in [3.63, 3.8) is 0 Å². The van der Waals surface area contributed by atoms with Gasteiger partial charge in [0, 0.05) is 11.3 Å². The van der Waals surface area contributed by atoms with Crippen molar-refractivity contribution >= 4 is 34.5 Å². The van der Waals surface area contributed by atoms with E-state index in [0.29, 0.717) is 10.0 Å². The normalized spacial score (nSPS) is 10.0. The molecule has 0 aromatic heterocycles. The molecule has 1 nitrogen and oxygen atoms in total. The zero-order chi connectivity index (χ0) is 12.3. The minimum Gasteiger partial charge on any atom is -0.346 e. The van der Waals surface area contributed by atoms with E-state index >= 15 is 0 Å². The Hall–Kier alpha value is -1.38. The molecular formula is C14H12ClNS. The molecule has 3 heteroatoms. The van der Waals surface area contributed by atoms with Gasteiger partial charge in [-0.05, 0) is 25.1 Å². The van der Waals surface area contributed by atoms with Crippen molar-refractivity contribution in [2.75, 3.05) is 5.32 Å². The van der Waals surface area contributed by atoms with Gasteiger partial charge in [0.1, 0.15) is 4.99 Å². The number of anilines is 1. The molecule has 0 aliphatic heterocycles. The maximum atomic E-state index is 6.08. The lowest BCUT2D eigenvalue weighted by Crippen LogP contribution is -2.10. The zero-order valence-electron chi connectivity index (χ0n) is 9.41. The van der Waals surface area contributed by atoms with E-state index in [4.69, 9.17) is 23.8 Å². The third-order valence-electron chi connectivity index (χ3n) is 2.43. The van der Waals surface area contributed by atoms with Crippen LogP contribution in [0.15, 0.2) is 48.5 Å². The van der Waals surface area contributed by atoms with Crippen LogP contribution in [0.25, 0.3) is 0 Å². The Bertz CT molecular complexity index is 534. The van der Waals surface area contributed by atoms with Crippen LogP contribution in [0.2, 0.25) is 5.02 Å². The number of hydrogen-bond acceptors (Lipinski definition) is 1. The Morgan fingerprint density at radius 3 is 2.35 bits per heavy atom. The molecule has 0 aliphatic rings. The summed E-state index contributed by atoms with van der Waals surface area (Å²) in [5, 5.41) is 3.84. The standard InChI is InChI=1S/C14H12ClNS/c1-10-6-8-11(9-7-10)16-14(17)12-4-2-3-5-13(12)15/h2-9H,1H3,(H,16,17). The zero-order valence-corrected chi connectivity index (χ0v) is 11.0. The molecule has 0 amide bonds.